The van der Waals surface area contributed by atoms with Crippen molar-refractivity contribution in [2.45, 2.75) is 79.6 Å². The van der Waals surface area contributed by atoms with Gasteiger partial charge in [0.15, 0.2) is 5.76 Å². The summed E-state index contributed by atoms with van der Waals surface area (Å²) in [6.45, 7) is 14.9. The van der Waals surface area contributed by atoms with E-state index in [1.807, 2.05) is 31.5 Å². The van der Waals surface area contributed by atoms with Gasteiger partial charge in [-0.05, 0) is 42.9 Å². The van der Waals surface area contributed by atoms with Gasteiger partial charge in [0.1, 0.15) is 5.69 Å². The number of nitrogens with zero attached hydrogens (tertiary/aromatic N) is 3. The second-order valence-electron chi connectivity index (χ2n) is 8.87. The molecule has 0 spiro atoms. The van der Waals surface area contributed by atoms with E-state index >= 15 is 0 Å². The van der Waals surface area contributed by atoms with Gasteiger partial charge >= 0.3 is 5.97 Å². The van der Waals surface area contributed by atoms with Gasteiger partial charge < -0.3 is 9.47 Å². The number of allylic oxidation sites excluding steroid dienone is 1. The van der Waals surface area contributed by atoms with Crippen LogP contribution in [0.4, 0.5) is 0 Å². The third-order valence-electron chi connectivity index (χ3n) is 5.03. The smallest absolute Gasteiger partial charge is 0.308 e. The van der Waals surface area contributed by atoms with Crippen LogP contribution in [0.1, 0.15) is 76.9 Å². The average molecular weight is 440 g/mol. The van der Waals surface area contributed by atoms with Crippen LogP contribution in [0.5, 0.6) is 0 Å². The van der Waals surface area contributed by atoms with Crippen molar-refractivity contribution in [3.63, 3.8) is 0 Å². The van der Waals surface area contributed by atoms with Gasteiger partial charge in [0, 0.05) is 38.7 Å². The lowest BCUT2D eigenvalue weighted by atomic mass is 9.86. The normalized spacial score (nSPS) is 13.8. The molecule has 32 heavy (non-hydrogen) atoms. The van der Waals surface area contributed by atoms with Crippen molar-refractivity contribution in [2.75, 3.05) is 7.05 Å². The van der Waals surface area contributed by atoms with E-state index in [4.69, 9.17) is 9.47 Å². The molecule has 2 rings (SSSR count). The van der Waals surface area contributed by atoms with Crippen LogP contribution in [-0.2, 0) is 26.2 Å². The van der Waals surface area contributed by atoms with Gasteiger partial charge in [-0.1, -0.05) is 52.0 Å². The van der Waals surface area contributed by atoms with E-state index in [1.165, 1.54) is 5.56 Å². The monoisotopic (exact) mass is 439 g/mol. The first-order valence-corrected chi connectivity index (χ1v) is 11.3. The molecule has 0 aliphatic heterocycles. The molecule has 1 heterocycles. The topological polar surface area (TPSA) is 65.7 Å². The van der Waals surface area contributed by atoms with E-state index in [0.717, 1.165) is 28.9 Å². The van der Waals surface area contributed by atoms with Crippen molar-refractivity contribution in [3.05, 3.63) is 52.8 Å². The maximum atomic E-state index is 12.0. The summed E-state index contributed by atoms with van der Waals surface area (Å²) in [5, 5.41) is 4.58. The Morgan fingerprint density at radius 1 is 1.19 bits per heavy atom. The second-order valence-corrected chi connectivity index (χ2v) is 8.87. The first-order chi connectivity index (χ1) is 15.1. The SMILES string of the molecule is CCCC(=O)OC(C)O/C(=C(/C=N\C)c1ccc(C(C)(C)C)cc1)c1cc(C)nn1CC. The van der Waals surface area contributed by atoms with Crippen LogP contribution in [0.25, 0.3) is 11.3 Å². The first kappa shape index (κ1) is 25.4. The molecule has 0 saturated carbocycles. The lowest BCUT2D eigenvalue weighted by molar-refractivity contribution is -0.164. The summed E-state index contributed by atoms with van der Waals surface area (Å²) in [4.78, 5) is 16.3. The molecule has 174 valence electrons. The summed E-state index contributed by atoms with van der Waals surface area (Å²) in [7, 11) is 1.73. The molecule has 6 nitrogen and oxygen atoms in total. The van der Waals surface area contributed by atoms with E-state index in [2.05, 4.69) is 55.1 Å². The van der Waals surface area contributed by atoms with Crippen molar-refractivity contribution in [3.8, 4) is 0 Å². The molecule has 0 fully saturated rings. The third-order valence-corrected chi connectivity index (χ3v) is 5.03. The average Bonchev–Trinajstić information content (AvgIpc) is 3.10. The summed E-state index contributed by atoms with van der Waals surface area (Å²) < 4.78 is 13.6. The highest BCUT2D eigenvalue weighted by molar-refractivity contribution is 6.18. The Kier molecular flexibility index (Phi) is 8.81. The summed E-state index contributed by atoms with van der Waals surface area (Å²) in [6, 6.07) is 10.4. The Morgan fingerprint density at radius 3 is 2.38 bits per heavy atom. The molecule has 0 bridgehead atoms. The highest BCUT2D eigenvalue weighted by atomic mass is 16.7. The molecule has 0 N–H and O–H groups in total. The number of carbonyl (C=O) groups is 1. The molecule has 0 aliphatic rings. The molecule has 2 aromatic rings. The molecule has 0 aliphatic carbocycles. The predicted octanol–water partition coefficient (Wildman–Crippen LogP) is 5.78. The summed E-state index contributed by atoms with van der Waals surface area (Å²) in [5.74, 6) is 0.304. The van der Waals surface area contributed by atoms with E-state index in [1.54, 1.807) is 20.2 Å². The van der Waals surface area contributed by atoms with Gasteiger partial charge in [0.2, 0.25) is 6.29 Å². The zero-order chi connectivity index (χ0) is 23.9. The van der Waals surface area contributed by atoms with E-state index < -0.39 is 6.29 Å². The first-order valence-electron chi connectivity index (χ1n) is 11.3. The predicted molar refractivity (Wildman–Crippen MR) is 131 cm³/mol. The van der Waals surface area contributed by atoms with E-state index in [9.17, 15) is 4.79 Å². The van der Waals surface area contributed by atoms with Gasteiger partial charge in [0.25, 0.3) is 0 Å². The summed E-state index contributed by atoms with van der Waals surface area (Å²) >= 11 is 0. The lowest BCUT2D eigenvalue weighted by Crippen LogP contribution is -2.19. The van der Waals surface area contributed by atoms with Crippen LogP contribution in [0.15, 0.2) is 35.3 Å². The molecule has 6 heteroatoms. The molecular weight excluding hydrogens is 402 g/mol. The van der Waals surface area contributed by atoms with Gasteiger partial charge in [0.05, 0.1) is 5.69 Å². The van der Waals surface area contributed by atoms with Gasteiger partial charge in [-0.25, -0.2) is 0 Å². The second kappa shape index (κ2) is 11.1. The highest BCUT2D eigenvalue weighted by Gasteiger charge is 2.22. The number of benzene rings is 1. The minimum atomic E-state index is -0.751. The van der Waals surface area contributed by atoms with Crippen LogP contribution < -0.4 is 0 Å². The molecular formula is C26H37N3O3. The van der Waals surface area contributed by atoms with Crippen molar-refractivity contribution in [1.29, 1.82) is 0 Å². The fraction of sp³-hybridized carbons (Fsp3) is 0.500. The number of carbonyl (C=O) groups excluding carboxylic acids is 1. The minimum Gasteiger partial charge on any atom is -0.452 e. The van der Waals surface area contributed by atoms with Gasteiger partial charge in [-0.2, -0.15) is 5.10 Å². The van der Waals surface area contributed by atoms with Crippen molar-refractivity contribution in [1.82, 2.24) is 9.78 Å². The van der Waals surface area contributed by atoms with Crippen LogP contribution in [0.2, 0.25) is 0 Å². The van der Waals surface area contributed by atoms with E-state index in [0.29, 0.717) is 18.7 Å². The number of rotatable bonds is 9. The number of esters is 1. The van der Waals surface area contributed by atoms with E-state index in [-0.39, 0.29) is 11.4 Å². The molecule has 0 saturated heterocycles. The van der Waals surface area contributed by atoms with Gasteiger partial charge in [-0.15, -0.1) is 0 Å². The molecule has 1 aromatic heterocycles. The van der Waals surface area contributed by atoms with Crippen molar-refractivity contribution >= 4 is 23.5 Å². The number of aliphatic imine (C=N–C) groups is 1. The fourth-order valence-corrected chi connectivity index (χ4v) is 3.41. The number of hydrogen-bond acceptors (Lipinski definition) is 5. The van der Waals surface area contributed by atoms with Crippen LogP contribution in [0.3, 0.4) is 0 Å². The zero-order valence-electron chi connectivity index (χ0n) is 20.7. The zero-order valence-corrected chi connectivity index (χ0v) is 20.7. The number of aryl methyl sites for hydroxylation is 2. The Balaban J connectivity index is 2.62. The Morgan fingerprint density at radius 2 is 1.84 bits per heavy atom. The Labute approximate surface area is 192 Å². The standard InChI is InChI=1S/C26H37N3O3/c1-9-11-24(30)31-19(4)32-25(23-16-18(3)28-29(23)10-2)22(17-27-8)20-12-14-21(15-13-20)26(5,6)7/h12-17,19H,9-11H2,1-8H3/b25-22-,27-17-. The number of hydrogen-bond donors (Lipinski definition) is 0. The van der Waals surface area contributed by atoms with Crippen LogP contribution in [0, 0.1) is 6.92 Å². The third kappa shape index (κ3) is 6.55. The maximum Gasteiger partial charge on any atom is 0.308 e. The quantitative estimate of drug-likeness (QED) is 0.215. The van der Waals surface area contributed by atoms with Gasteiger partial charge in [-0.3, -0.25) is 14.5 Å². The lowest BCUT2D eigenvalue weighted by Gasteiger charge is -2.22. The minimum absolute atomic E-state index is 0.0561. The number of aromatic nitrogens is 2. The summed E-state index contributed by atoms with van der Waals surface area (Å²) in [6.07, 6.45) is 2.11. The molecule has 1 aromatic carbocycles. The van der Waals surface area contributed by atoms with Crippen LogP contribution >= 0.6 is 0 Å². The molecule has 1 atom stereocenters. The largest absolute Gasteiger partial charge is 0.452 e. The molecule has 0 amide bonds. The maximum absolute atomic E-state index is 12.0. The summed E-state index contributed by atoms with van der Waals surface area (Å²) in [5.41, 5.74) is 4.77. The Hall–Kier alpha value is -2.89. The van der Waals surface area contributed by atoms with Crippen molar-refractivity contribution < 1.29 is 14.3 Å². The molecule has 1 unspecified atom stereocenters. The van der Waals surface area contributed by atoms with Crippen molar-refractivity contribution in [2.24, 2.45) is 4.99 Å². The highest BCUT2D eigenvalue weighted by Crippen LogP contribution is 2.30. The van der Waals surface area contributed by atoms with Crippen LogP contribution in [-0.4, -0.2) is 35.3 Å². The Bertz CT molecular complexity index is 963. The molecule has 0 radical (unpaired) electrons. The number of ether oxygens (including phenoxy) is 2. The fourth-order valence-electron chi connectivity index (χ4n) is 3.41.